The number of hydrogen-bond donors (Lipinski definition) is 1. The summed E-state index contributed by atoms with van der Waals surface area (Å²) >= 11 is 2.26. The van der Waals surface area contributed by atoms with Crippen LogP contribution in [0.15, 0.2) is 143 Å². The van der Waals surface area contributed by atoms with Crippen molar-refractivity contribution in [2.24, 2.45) is 0 Å². The number of aromatic nitrogens is 1. The molecule has 48 heavy (non-hydrogen) atoms. The van der Waals surface area contributed by atoms with Gasteiger partial charge in [-0.1, -0.05) is 121 Å². The summed E-state index contributed by atoms with van der Waals surface area (Å²) in [4.78, 5) is 32.2. The molecule has 5 aromatic carbocycles. The van der Waals surface area contributed by atoms with Crippen LogP contribution in [0.5, 0.6) is 0 Å². The molecule has 6 rings (SSSR count). The summed E-state index contributed by atoms with van der Waals surface area (Å²) in [5, 5.41) is 1.68. The van der Waals surface area contributed by atoms with Crippen molar-refractivity contribution in [1.29, 1.82) is 0 Å². The van der Waals surface area contributed by atoms with Crippen LogP contribution >= 0.6 is 23.1 Å². The number of rotatable bonds is 12. The molecule has 6 aromatic rings. The smallest absolute Gasteiger partial charge is 0.267 e. The van der Waals surface area contributed by atoms with Gasteiger partial charge in [0.25, 0.3) is 10.0 Å². The molecule has 0 spiro atoms. The lowest BCUT2D eigenvalue weighted by molar-refractivity contribution is -0.115. The van der Waals surface area contributed by atoms with Gasteiger partial charge in [0, 0.05) is 11.3 Å². The Labute approximate surface area is 288 Å². The van der Waals surface area contributed by atoms with Gasteiger partial charge in [-0.15, -0.1) is 11.3 Å². The lowest BCUT2D eigenvalue weighted by atomic mass is 10.0. The van der Waals surface area contributed by atoms with E-state index in [4.69, 9.17) is 4.98 Å². The van der Waals surface area contributed by atoms with Crippen LogP contribution < -0.4 is 9.62 Å². The molecular formula is C38H33N3O4S3. The lowest BCUT2D eigenvalue weighted by Crippen LogP contribution is -2.35. The van der Waals surface area contributed by atoms with Crippen LogP contribution in [0, 0.1) is 6.92 Å². The molecule has 0 radical (unpaired) electrons. The molecule has 0 aliphatic rings. The number of anilines is 2. The molecule has 1 heterocycles. The number of ketones is 1. The number of amides is 1. The van der Waals surface area contributed by atoms with Gasteiger partial charge in [0.15, 0.2) is 15.4 Å². The molecule has 1 amide bonds. The van der Waals surface area contributed by atoms with Crippen molar-refractivity contribution in [2.75, 3.05) is 9.62 Å². The highest BCUT2D eigenvalue weighted by Crippen LogP contribution is 2.40. The number of nitrogens with one attached hydrogen (secondary N) is 1. The minimum Gasteiger partial charge on any atom is -0.325 e. The number of nitrogens with zero attached hydrogens (tertiary/aromatic N) is 2. The van der Waals surface area contributed by atoms with Crippen molar-refractivity contribution >= 4 is 66.4 Å². The van der Waals surface area contributed by atoms with Crippen molar-refractivity contribution in [3.8, 4) is 0 Å². The summed E-state index contributed by atoms with van der Waals surface area (Å²) in [6, 6.07) is 39.2. The first-order valence-electron chi connectivity index (χ1n) is 15.4. The SMILES string of the molecule is CCC(c1ccccc1)N(c1ccc(C)cc1)S(=O)(=O)c1cccc2sc(SC(C(=O)Nc3ccccc3)C(=O)c3ccccc3)nc12. The Kier molecular flexibility index (Phi) is 10.0. The first-order valence-corrected chi connectivity index (χ1v) is 18.6. The maximum Gasteiger partial charge on any atom is 0.267 e. The molecule has 0 fully saturated rings. The first kappa shape index (κ1) is 33.1. The zero-order chi connectivity index (χ0) is 33.7. The van der Waals surface area contributed by atoms with Crippen molar-refractivity contribution in [3.63, 3.8) is 0 Å². The van der Waals surface area contributed by atoms with Crippen LogP contribution in [0.3, 0.4) is 0 Å². The van der Waals surface area contributed by atoms with E-state index in [1.807, 2.05) is 74.5 Å². The maximum absolute atomic E-state index is 14.8. The molecule has 242 valence electrons. The summed E-state index contributed by atoms with van der Waals surface area (Å²) in [7, 11) is -4.16. The zero-order valence-corrected chi connectivity index (χ0v) is 28.8. The molecular weight excluding hydrogens is 659 g/mol. The number of thioether (sulfide) groups is 1. The Hall–Kier alpha value is -4.77. The number of aryl methyl sites for hydroxylation is 1. The van der Waals surface area contributed by atoms with E-state index in [2.05, 4.69) is 5.32 Å². The maximum atomic E-state index is 14.8. The lowest BCUT2D eigenvalue weighted by Gasteiger charge is -2.33. The van der Waals surface area contributed by atoms with Gasteiger partial charge in [-0.3, -0.25) is 13.9 Å². The van der Waals surface area contributed by atoms with Gasteiger partial charge >= 0.3 is 0 Å². The van der Waals surface area contributed by atoms with E-state index >= 15 is 0 Å². The standard InChI is InChI=1S/C38H33N3O4S3/c1-3-31(27-14-7-4-8-15-27)41(30-24-22-26(2)23-25-30)48(44,45)33-21-13-20-32-34(33)40-38(46-32)47-36(35(42)28-16-9-5-10-17-28)37(43)39-29-18-11-6-12-19-29/h4-25,31,36H,3H2,1-2H3,(H,39,43). The molecule has 10 heteroatoms. The van der Waals surface area contributed by atoms with E-state index < -0.39 is 27.2 Å². The molecule has 7 nitrogen and oxygen atoms in total. The molecule has 0 aliphatic heterocycles. The molecule has 1 N–H and O–H groups in total. The molecule has 0 aliphatic carbocycles. The van der Waals surface area contributed by atoms with E-state index in [1.165, 1.54) is 15.6 Å². The van der Waals surface area contributed by atoms with E-state index in [-0.39, 0.29) is 10.7 Å². The van der Waals surface area contributed by atoms with E-state index in [0.717, 1.165) is 22.9 Å². The number of fused-ring (bicyclic) bond motifs is 1. The van der Waals surface area contributed by atoms with Crippen LogP contribution in [-0.4, -0.2) is 30.3 Å². The van der Waals surface area contributed by atoms with Crippen LogP contribution in [0.1, 0.15) is 40.9 Å². The number of carbonyl (C=O) groups excluding carboxylic acids is 2. The number of benzene rings is 5. The van der Waals surface area contributed by atoms with Gasteiger partial charge in [-0.2, -0.15) is 0 Å². The second kappa shape index (κ2) is 14.6. The Balaban J connectivity index is 1.41. The van der Waals surface area contributed by atoms with Crippen LogP contribution in [0.2, 0.25) is 0 Å². The van der Waals surface area contributed by atoms with Gasteiger partial charge in [0.1, 0.15) is 10.4 Å². The van der Waals surface area contributed by atoms with E-state index in [1.54, 1.807) is 72.8 Å². The summed E-state index contributed by atoms with van der Waals surface area (Å²) in [6.45, 7) is 3.93. The number of carbonyl (C=O) groups is 2. The van der Waals surface area contributed by atoms with Crippen LogP contribution in [0.4, 0.5) is 11.4 Å². The van der Waals surface area contributed by atoms with Crippen LogP contribution in [-0.2, 0) is 14.8 Å². The predicted molar refractivity (Wildman–Crippen MR) is 195 cm³/mol. The number of sulfonamides is 1. The molecule has 0 bridgehead atoms. The monoisotopic (exact) mass is 691 g/mol. The van der Waals surface area contributed by atoms with Crippen molar-refractivity contribution < 1.29 is 18.0 Å². The third-order valence-corrected chi connectivity index (χ3v) is 12.0. The second-order valence-electron chi connectivity index (χ2n) is 11.1. The summed E-state index contributed by atoms with van der Waals surface area (Å²) in [6.07, 6.45) is 0.533. The second-order valence-corrected chi connectivity index (χ2v) is 15.3. The largest absolute Gasteiger partial charge is 0.325 e. The fourth-order valence-corrected chi connectivity index (χ4v) is 9.63. The molecule has 0 saturated carbocycles. The third kappa shape index (κ3) is 7.06. The van der Waals surface area contributed by atoms with Gasteiger partial charge in [-0.25, -0.2) is 13.4 Å². The Morgan fingerprint density at radius 3 is 2.08 bits per heavy atom. The predicted octanol–water partition coefficient (Wildman–Crippen LogP) is 8.93. The van der Waals surface area contributed by atoms with Gasteiger partial charge in [0.05, 0.1) is 16.4 Å². The highest BCUT2D eigenvalue weighted by atomic mass is 32.2. The molecule has 2 unspecified atom stereocenters. The number of Topliss-reactive ketones (excluding diaryl/α,β-unsaturated/α-hetero) is 1. The number of hydrogen-bond acceptors (Lipinski definition) is 7. The number of para-hydroxylation sites is 2. The van der Waals surface area contributed by atoms with Gasteiger partial charge < -0.3 is 5.32 Å². The average molecular weight is 692 g/mol. The summed E-state index contributed by atoms with van der Waals surface area (Å²) in [5.41, 5.74) is 3.68. The molecule has 2 atom stereocenters. The molecule has 0 saturated heterocycles. The first-order chi connectivity index (χ1) is 23.3. The average Bonchev–Trinajstić information content (AvgIpc) is 3.54. The quantitative estimate of drug-likeness (QED) is 0.0782. The normalized spacial score (nSPS) is 12.7. The minimum atomic E-state index is -4.16. The van der Waals surface area contributed by atoms with E-state index in [0.29, 0.717) is 37.9 Å². The van der Waals surface area contributed by atoms with Crippen molar-refractivity contribution in [1.82, 2.24) is 4.98 Å². The third-order valence-electron chi connectivity index (χ3n) is 7.84. The van der Waals surface area contributed by atoms with Crippen molar-refractivity contribution in [3.05, 3.63) is 150 Å². The van der Waals surface area contributed by atoms with Crippen LogP contribution in [0.25, 0.3) is 10.2 Å². The number of thiazole rings is 1. The summed E-state index contributed by atoms with van der Waals surface area (Å²) < 4.78 is 32.1. The molecule has 1 aromatic heterocycles. The Morgan fingerprint density at radius 2 is 1.44 bits per heavy atom. The fourth-order valence-electron chi connectivity index (χ4n) is 5.47. The highest BCUT2D eigenvalue weighted by molar-refractivity contribution is 8.03. The zero-order valence-electron chi connectivity index (χ0n) is 26.3. The minimum absolute atomic E-state index is 0.0535. The summed E-state index contributed by atoms with van der Waals surface area (Å²) in [5.74, 6) is -0.869. The Morgan fingerprint density at radius 1 is 0.812 bits per heavy atom. The van der Waals surface area contributed by atoms with Gasteiger partial charge in [-0.05, 0) is 55.3 Å². The van der Waals surface area contributed by atoms with E-state index in [9.17, 15) is 18.0 Å². The van der Waals surface area contributed by atoms with Gasteiger partial charge in [0.2, 0.25) is 5.91 Å². The Bertz CT molecular complexity index is 2140. The topological polar surface area (TPSA) is 96.4 Å². The fraction of sp³-hybridized carbons (Fsp3) is 0.132. The highest BCUT2D eigenvalue weighted by Gasteiger charge is 2.35. The van der Waals surface area contributed by atoms with Crippen molar-refractivity contribution in [2.45, 2.75) is 40.8 Å².